The Morgan fingerprint density at radius 3 is 2.65 bits per heavy atom. The minimum Gasteiger partial charge on any atom is -0.388 e. The van der Waals surface area contributed by atoms with Crippen molar-refractivity contribution in [3.63, 3.8) is 0 Å². The number of hydrogen-bond donors (Lipinski definition) is 2. The Bertz CT molecular complexity index is 817. The van der Waals surface area contributed by atoms with Crippen LogP contribution < -0.4 is 15.4 Å². The molecule has 0 bridgehead atoms. The highest BCUT2D eigenvalue weighted by Gasteiger charge is 2.16. The minimum atomic E-state index is -0.645. The lowest BCUT2D eigenvalue weighted by atomic mass is 10.5. The van der Waals surface area contributed by atoms with Crippen LogP contribution in [-0.4, -0.2) is 26.0 Å². The van der Waals surface area contributed by atoms with Crippen LogP contribution in [0.2, 0.25) is 0 Å². The van der Waals surface area contributed by atoms with Gasteiger partial charge in [-0.05, 0) is 13.8 Å². The molecule has 0 aliphatic rings. The van der Waals surface area contributed by atoms with E-state index in [0.717, 1.165) is 10.0 Å². The van der Waals surface area contributed by atoms with Gasteiger partial charge in [0.25, 0.3) is 5.88 Å². The van der Waals surface area contributed by atoms with Crippen molar-refractivity contribution in [1.29, 1.82) is 0 Å². The second-order valence-corrected chi connectivity index (χ2v) is 6.65. The summed E-state index contributed by atoms with van der Waals surface area (Å²) in [6, 6.07) is 0. The van der Waals surface area contributed by atoms with Crippen molar-refractivity contribution in [2.45, 2.75) is 13.8 Å². The fourth-order valence-corrected chi connectivity index (χ4v) is 3.00. The number of carbonyl (C=O) groups is 1. The first kappa shape index (κ1) is 15.3. The van der Waals surface area contributed by atoms with Crippen LogP contribution in [-0.2, 0) is 0 Å². The van der Waals surface area contributed by atoms with E-state index in [0.29, 0.717) is 16.5 Å². The molecule has 0 atom stereocenters. The summed E-state index contributed by atoms with van der Waals surface area (Å²) < 4.78 is 5.26. The first-order valence-corrected chi connectivity index (χ1v) is 8.20. The van der Waals surface area contributed by atoms with Gasteiger partial charge in [0.2, 0.25) is 0 Å². The molecule has 1 amide bonds. The smallest absolute Gasteiger partial charge is 0.388 e. The van der Waals surface area contributed by atoms with Crippen LogP contribution in [0.3, 0.4) is 0 Å². The SMILES string of the molecule is Cc1nc(NC(=O)Oc2nc(C)sc2Nc2cncnc2)cs1. The Hall–Kier alpha value is -2.59. The van der Waals surface area contributed by atoms with Crippen molar-refractivity contribution >= 4 is 45.3 Å². The number of aryl methyl sites for hydroxylation is 2. The molecule has 0 fully saturated rings. The Kier molecular flexibility index (Phi) is 4.44. The molecule has 118 valence electrons. The molecule has 0 saturated heterocycles. The third-order valence-corrected chi connectivity index (χ3v) is 4.20. The average molecular weight is 348 g/mol. The number of rotatable bonds is 4. The standard InChI is InChI=1S/C13H12N6O2S2/c1-7-16-10(5-22-7)19-13(20)21-11-12(23-8(2)17-11)18-9-3-14-6-15-4-9/h3-6,18H,1-2H3,(H,19,20). The van der Waals surface area contributed by atoms with Crippen molar-refractivity contribution < 1.29 is 9.53 Å². The molecule has 0 aliphatic carbocycles. The summed E-state index contributed by atoms with van der Waals surface area (Å²) in [4.78, 5) is 28.1. The molecule has 3 heterocycles. The van der Waals surface area contributed by atoms with Gasteiger partial charge in [0.1, 0.15) is 12.1 Å². The second-order valence-electron chi connectivity index (χ2n) is 4.39. The molecular weight excluding hydrogens is 336 g/mol. The van der Waals surface area contributed by atoms with Gasteiger partial charge in [-0.1, -0.05) is 11.3 Å². The molecule has 3 aromatic rings. The lowest BCUT2D eigenvalue weighted by molar-refractivity contribution is 0.214. The van der Waals surface area contributed by atoms with E-state index in [1.54, 1.807) is 17.8 Å². The molecule has 0 aliphatic heterocycles. The fourth-order valence-electron chi connectivity index (χ4n) is 1.69. The summed E-state index contributed by atoms with van der Waals surface area (Å²) in [5, 5.41) is 9.60. The van der Waals surface area contributed by atoms with Gasteiger partial charge in [-0.25, -0.2) is 24.7 Å². The minimum absolute atomic E-state index is 0.195. The lowest BCUT2D eigenvalue weighted by Crippen LogP contribution is -2.17. The predicted molar refractivity (Wildman–Crippen MR) is 88.7 cm³/mol. The molecule has 0 saturated carbocycles. The summed E-state index contributed by atoms with van der Waals surface area (Å²) in [6.07, 6.45) is 4.02. The molecule has 0 spiro atoms. The largest absolute Gasteiger partial charge is 0.419 e. The van der Waals surface area contributed by atoms with Crippen LogP contribution in [0.1, 0.15) is 10.0 Å². The number of hydrogen-bond acceptors (Lipinski definition) is 9. The fraction of sp³-hybridized carbons (Fsp3) is 0.154. The summed E-state index contributed by atoms with van der Waals surface area (Å²) in [6.45, 7) is 3.68. The molecule has 3 rings (SSSR count). The molecule has 23 heavy (non-hydrogen) atoms. The van der Waals surface area contributed by atoms with E-state index in [1.165, 1.54) is 29.0 Å². The van der Waals surface area contributed by atoms with Crippen molar-refractivity contribution in [3.05, 3.63) is 34.1 Å². The van der Waals surface area contributed by atoms with E-state index >= 15 is 0 Å². The van der Waals surface area contributed by atoms with Crippen LogP contribution in [0.5, 0.6) is 5.88 Å². The molecule has 0 unspecified atom stereocenters. The van der Waals surface area contributed by atoms with E-state index < -0.39 is 6.09 Å². The maximum absolute atomic E-state index is 11.9. The van der Waals surface area contributed by atoms with Gasteiger partial charge >= 0.3 is 6.09 Å². The Morgan fingerprint density at radius 2 is 1.96 bits per heavy atom. The third kappa shape index (κ3) is 3.99. The zero-order valence-corrected chi connectivity index (χ0v) is 13.9. The number of ether oxygens (including phenoxy) is 1. The first-order chi connectivity index (χ1) is 11.1. The zero-order valence-electron chi connectivity index (χ0n) is 12.2. The zero-order chi connectivity index (χ0) is 16.2. The summed E-state index contributed by atoms with van der Waals surface area (Å²) in [7, 11) is 0. The van der Waals surface area contributed by atoms with Crippen LogP contribution in [0, 0.1) is 13.8 Å². The molecule has 0 radical (unpaired) electrons. The predicted octanol–water partition coefficient (Wildman–Crippen LogP) is 3.36. The number of nitrogens with zero attached hydrogens (tertiary/aromatic N) is 4. The number of carbonyl (C=O) groups excluding carboxylic acids is 1. The highest BCUT2D eigenvalue weighted by molar-refractivity contribution is 7.16. The third-order valence-electron chi connectivity index (χ3n) is 2.56. The van der Waals surface area contributed by atoms with Gasteiger partial charge in [0.05, 0.1) is 28.1 Å². The Morgan fingerprint density at radius 1 is 1.17 bits per heavy atom. The van der Waals surface area contributed by atoms with Crippen LogP contribution in [0.25, 0.3) is 0 Å². The molecule has 10 heteroatoms. The first-order valence-electron chi connectivity index (χ1n) is 6.50. The van der Waals surface area contributed by atoms with Crippen LogP contribution in [0.15, 0.2) is 24.1 Å². The van der Waals surface area contributed by atoms with Crippen molar-refractivity contribution in [2.24, 2.45) is 0 Å². The number of aromatic nitrogens is 4. The average Bonchev–Trinajstić information content (AvgIpc) is 3.06. The van der Waals surface area contributed by atoms with Gasteiger partial charge in [-0.15, -0.1) is 11.3 Å². The highest BCUT2D eigenvalue weighted by atomic mass is 32.1. The topological polar surface area (TPSA) is 102 Å². The van der Waals surface area contributed by atoms with Crippen molar-refractivity contribution in [1.82, 2.24) is 19.9 Å². The Labute approximate surface area is 139 Å². The van der Waals surface area contributed by atoms with Gasteiger partial charge in [-0.3, -0.25) is 5.32 Å². The maximum atomic E-state index is 11.9. The number of amides is 1. The highest BCUT2D eigenvalue weighted by Crippen LogP contribution is 2.33. The van der Waals surface area contributed by atoms with E-state index in [-0.39, 0.29) is 5.88 Å². The summed E-state index contributed by atoms with van der Waals surface area (Å²) in [5.41, 5.74) is 0.677. The molecular formula is C13H12N6O2S2. The monoisotopic (exact) mass is 348 g/mol. The summed E-state index contributed by atoms with van der Waals surface area (Å²) in [5.74, 6) is 0.649. The van der Waals surface area contributed by atoms with E-state index in [9.17, 15) is 4.79 Å². The van der Waals surface area contributed by atoms with Gasteiger partial charge in [-0.2, -0.15) is 0 Å². The Balaban J connectivity index is 1.71. The van der Waals surface area contributed by atoms with Crippen LogP contribution >= 0.6 is 22.7 Å². The van der Waals surface area contributed by atoms with E-state index in [1.807, 2.05) is 13.8 Å². The van der Waals surface area contributed by atoms with Gasteiger partial charge < -0.3 is 10.1 Å². The molecule has 3 aromatic heterocycles. The van der Waals surface area contributed by atoms with Crippen molar-refractivity contribution in [2.75, 3.05) is 10.6 Å². The quantitative estimate of drug-likeness (QED) is 0.745. The van der Waals surface area contributed by atoms with E-state index in [4.69, 9.17) is 4.74 Å². The van der Waals surface area contributed by atoms with Gasteiger partial charge in [0.15, 0.2) is 5.00 Å². The summed E-state index contributed by atoms with van der Waals surface area (Å²) >= 11 is 2.81. The van der Waals surface area contributed by atoms with Crippen molar-refractivity contribution in [3.8, 4) is 5.88 Å². The van der Waals surface area contributed by atoms with E-state index in [2.05, 4.69) is 30.6 Å². The second kappa shape index (κ2) is 6.67. The molecule has 8 nitrogen and oxygen atoms in total. The number of nitrogens with one attached hydrogen (secondary N) is 2. The normalized spacial score (nSPS) is 10.3. The molecule has 0 aromatic carbocycles. The van der Waals surface area contributed by atoms with Gasteiger partial charge in [0, 0.05) is 5.38 Å². The number of anilines is 3. The lowest BCUT2D eigenvalue weighted by Gasteiger charge is -2.06. The molecule has 2 N–H and O–H groups in total. The number of thiazole rings is 2. The maximum Gasteiger partial charge on any atom is 0.419 e. The van der Waals surface area contributed by atoms with Crippen LogP contribution in [0.4, 0.5) is 21.3 Å².